The van der Waals surface area contributed by atoms with Crippen LogP contribution in [0.3, 0.4) is 0 Å². The maximum atomic E-state index is 13.6. The molecule has 1 aliphatic rings. The van der Waals surface area contributed by atoms with Crippen LogP contribution in [0.1, 0.15) is 83.8 Å². The fraction of sp³-hybridized carbons (Fsp3) is 0.300. The summed E-state index contributed by atoms with van der Waals surface area (Å²) in [4.78, 5) is 34.1. The molecule has 41 heavy (non-hydrogen) atoms. The Morgan fingerprint density at radius 1 is 1.05 bits per heavy atom. The number of amides is 1. The van der Waals surface area contributed by atoms with Crippen LogP contribution in [0.2, 0.25) is 5.02 Å². The average molecular weight is 579 g/mol. The Morgan fingerprint density at radius 3 is 2.34 bits per heavy atom. The molecule has 0 saturated heterocycles. The molecule has 3 unspecified atom stereocenters. The highest BCUT2D eigenvalue weighted by atomic mass is 35.5. The second kappa shape index (κ2) is 12.1. The molecule has 5 rings (SSSR count). The number of nitrogens with one attached hydrogen (secondary N) is 1. The van der Waals surface area contributed by atoms with E-state index in [0.717, 1.165) is 11.1 Å². The van der Waals surface area contributed by atoms with E-state index in [1.54, 1.807) is 19.1 Å². The first-order chi connectivity index (χ1) is 19.8. The number of ether oxygens (including phenoxy) is 2. The number of nitrogens with zero attached hydrogens (tertiary/aromatic N) is 3. The molecule has 2 aromatic carbocycles. The molecule has 4 aromatic rings. The summed E-state index contributed by atoms with van der Waals surface area (Å²) in [5.74, 6) is -0.715. The summed E-state index contributed by atoms with van der Waals surface area (Å²) >= 11 is 6.10. The molecule has 1 saturated carbocycles. The number of halogens is 2. The quantitative estimate of drug-likeness (QED) is 0.223. The molecule has 11 heteroatoms. The number of benzene rings is 2. The largest absolute Gasteiger partial charge is 0.493 e. The third-order valence-electron chi connectivity index (χ3n) is 6.98. The molecule has 0 radical (unpaired) electrons. The summed E-state index contributed by atoms with van der Waals surface area (Å²) in [5, 5.41) is 7.54. The van der Waals surface area contributed by atoms with E-state index in [-0.39, 0.29) is 53.0 Å². The van der Waals surface area contributed by atoms with Crippen LogP contribution in [0, 0.1) is 5.82 Å². The topological polar surface area (TPSA) is 116 Å². The van der Waals surface area contributed by atoms with Crippen LogP contribution in [0.4, 0.5) is 4.39 Å². The first kappa shape index (κ1) is 28.2. The minimum atomic E-state index is -0.663. The number of esters is 1. The van der Waals surface area contributed by atoms with Gasteiger partial charge in [0, 0.05) is 35.5 Å². The summed E-state index contributed by atoms with van der Waals surface area (Å²) in [6.45, 7) is 3.55. The highest BCUT2D eigenvalue weighted by Gasteiger charge is 2.55. The van der Waals surface area contributed by atoms with Crippen LogP contribution in [-0.2, 0) is 4.79 Å². The zero-order chi connectivity index (χ0) is 29.1. The lowest BCUT2D eigenvalue weighted by molar-refractivity contribution is -0.134. The van der Waals surface area contributed by atoms with Crippen molar-refractivity contribution in [1.29, 1.82) is 0 Å². The van der Waals surface area contributed by atoms with Gasteiger partial charge in [-0.1, -0.05) is 47.9 Å². The van der Waals surface area contributed by atoms with Crippen molar-refractivity contribution in [2.45, 2.75) is 50.5 Å². The maximum Gasteiger partial charge on any atom is 0.311 e. The number of rotatable bonds is 10. The highest BCUT2D eigenvalue weighted by molar-refractivity contribution is 6.30. The molecular weight excluding hydrogens is 551 g/mol. The second-order valence-electron chi connectivity index (χ2n) is 9.78. The molecule has 4 atom stereocenters. The van der Waals surface area contributed by atoms with Gasteiger partial charge in [-0.2, -0.15) is 4.98 Å². The van der Waals surface area contributed by atoms with Crippen LogP contribution in [0.15, 0.2) is 65.3 Å². The lowest BCUT2D eigenvalue weighted by Crippen LogP contribution is -2.29. The zero-order valence-corrected chi connectivity index (χ0v) is 23.4. The SMILES string of the molecule is CCCC(=O)Oc1c(OC)ccnc1C(=O)N[C@@H](C)c1noc(C2C(c3ccc(F)cc3)C2c2ccc(Cl)cc2)n1. The van der Waals surface area contributed by atoms with Gasteiger partial charge in [0.1, 0.15) is 5.82 Å². The van der Waals surface area contributed by atoms with Crippen molar-refractivity contribution in [3.8, 4) is 11.5 Å². The summed E-state index contributed by atoms with van der Waals surface area (Å²) in [7, 11) is 1.41. The summed E-state index contributed by atoms with van der Waals surface area (Å²) in [5.41, 5.74) is 1.89. The van der Waals surface area contributed by atoms with E-state index in [4.69, 9.17) is 25.6 Å². The van der Waals surface area contributed by atoms with E-state index in [0.29, 0.717) is 17.3 Å². The van der Waals surface area contributed by atoms with Crippen LogP contribution in [-0.4, -0.2) is 34.1 Å². The molecular formula is C30H28ClFN4O5. The fourth-order valence-electron chi connectivity index (χ4n) is 4.93. The monoisotopic (exact) mass is 578 g/mol. The lowest BCUT2D eigenvalue weighted by Gasteiger charge is -2.14. The van der Waals surface area contributed by atoms with Gasteiger partial charge in [-0.25, -0.2) is 9.37 Å². The molecule has 0 spiro atoms. The van der Waals surface area contributed by atoms with E-state index < -0.39 is 17.9 Å². The number of hydrogen-bond acceptors (Lipinski definition) is 8. The number of carbonyl (C=O) groups is 2. The van der Waals surface area contributed by atoms with Crippen molar-refractivity contribution < 1.29 is 28.0 Å². The van der Waals surface area contributed by atoms with Crippen molar-refractivity contribution in [3.63, 3.8) is 0 Å². The van der Waals surface area contributed by atoms with E-state index in [9.17, 15) is 14.0 Å². The molecule has 1 fully saturated rings. The Bertz CT molecular complexity index is 1490. The third-order valence-corrected chi connectivity index (χ3v) is 7.23. The van der Waals surface area contributed by atoms with Gasteiger partial charge in [0.2, 0.25) is 11.6 Å². The summed E-state index contributed by atoms with van der Waals surface area (Å²) < 4.78 is 30.0. The first-order valence-corrected chi connectivity index (χ1v) is 13.6. The van der Waals surface area contributed by atoms with Crippen molar-refractivity contribution in [2.24, 2.45) is 0 Å². The Labute approximate surface area is 241 Å². The van der Waals surface area contributed by atoms with Crippen molar-refractivity contribution in [1.82, 2.24) is 20.4 Å². The van der Waals surface area contributed by atoms with Crippen LogP contribution < -0.4 is 14.8 Å². The molecule has 1 N–H and O–H groups in total. The third kappa shape index (κ3) is 6.07. The molecule has 9 nitrogen and oxygen atoms in total. The average Bonchev–Trinajstić information content (AvgIpc) is 3.50. The summed E-state index contributed by atoms with van der Waals surface area (Å²) in [6.07, 6.45) is 2.15. The smallest absolute Gasteiger partial charge is 0.311 e. The molecule has 0 aliphatic heterocycles. The van der Waals surface area contributed by atoms with Crippen molar-refractivity contribution >= 4 is 23.5 Å². The fourth-order valence-corrected chi connectivity index (χ4v) is 5.05. The van der Waals surface area contributed by atoms with Gasteiger partial charge in [0.25, 0.3) is 5.91 Å². The van der Waals surface area contributed by atoms with Crippen molar-refractivity contribution in [3.05, 3.63) is 100 Å². The first-order valence-electron chi connectivity index (χ1n) is 13.2. The Morgan fingerprint density at radius 2 is 1.71 bits per heavy atom. The molecule has 1 amide bonds. The number of methoxy groups -OCH3 is 1. The van der Waals surface area contributed by atoms with Gasteiger partial charge < -0.3 is 19.3 Å². The predicted octanol–water partition coefficient (Wildman–Crippen LogP) is 6.13. The predicted molar refractivity (Wildman–Crippen MR) is 148 cm³/mol. The Balaban J connectivity index is 1.36. The molecule has 2 aromatic heterocycles. The number of hydrogen-bond donors (Lipinski definition) is 1. The van der Waals surface area contributed by atoms with E-state index in [1.165, 1.54) is 31.5 Å². The normalized spacial score (nSPS) is 18.4. The van der Waals surface area contributed by atoms with Crippen LogP contribution in [0.25, 0.3) is 0 Å². The Hall–Kier alpha value is -4.31. The minimum absolute atomic E-state index is 0.00341. The maximum absolute atomic E-state index is 13.6. The molecule has 1 aliphatic carbocycles. The van der Waals surface area contributed by atoms with Gasteiger partial charge >= 0.3 is 5.97 Å². The molecule has 2 heterocycles. The number of carbonyl (C=O) groups excluding carboxylic acids is 2. The minimum Gasteiger partial charge on any atom is -0.493 e. The Kier molecular flexibility index (Phi) is 8.30. The van der Waals surface area contributed by atoms with Crippen molar-refractivity contribution in [2.75, 3.05) is 7.11 Å². The standard InChI is InChI=1S/C30H28ClFN4O5/c1-4-5-22(37)40-27-21(39-3)14-15-33-26(27)29(38)34-16(2)28-35-30(41-36-28)25-23(17-6-10-19(31)11-7-17)24(25)18-8-12-20(32)13-9-18/h6-16,23-25H,4-5H2,1-3H3,(H,34,38)/t16-,23?,24?,25?/m0/s1. The highest BCUT2D eigenvalue weighted by Crippen LogP contribution is 2.65. The van der Waals surface area contributed by atoms with E-state index in [1.807, 2.05) is 31.2 Å². The van der Waals surface area contributed by atoms with E-state index >= 15 is 0 Å². The zero-order valence-electron chi connectivity index (χ0n) is 22.6. The number of pyridine rings is 1. The van der Waals surface area contributed by atoms with Gasteiger partial charge in [-0.15, -0.1) is 0 Å². The lowest BCUT2D eigenvalue weighted by atomic mass is 10.0. The van der Waals surface area contributed by atoms with Gasteiger partial charge in [0.15, 0.2) is 17.3 Å². The molecule has 0 bridgehead atoms. The second-order valence-corrected chi connectivity index (χ2v) is 10.2. The summed E-state index contributed by atoms with van der Waals surface area (Å²) in [6, 6.07) is 14.8. The van der Waals surface area contributed by atoms with Gasteiger partial charge in [-0.05, 0) is 48.7 Å². The van der Waals surface area contributed by atoms with Crippen LogP contribution in [0.5, 0.6) is 11.5 Å². The van der Waals surface area contributed by atoms with Gasteiger partial charge in [-0.3, -0.25) is 9.59 Å². The van der Waals surface area contributed by atoms with E-state index in [2.05, 4.69) is 20.4 Å². The van der Waals surface area contributed by atoms with Crippen LogP contribution >= 0.6 is 11.6 Å². The number of aromatic nitrogens is 3. The van der Waals surface area contributed by atoms with Gasteiger partial charge in [0.05, 0.1) is 19.1 Å². The molecule has 212 valence electrons.